The predicted octanol–water partition coefficient (Wildman–Crippen LogP) is 3.21. The van der Waals surface area contributed by atoms with Gasteiger partial charge in [-0.05, 0) is 50.8 Å². The molecule has 1 unspecified atom stereocenters. The standard InChI is InChI=1S/C19H25N7/c1-12(18-24-15-4-2-3-5-16(15)25-18)22-17-10-11-21-19(26-17)23-14-8-6-13(20)7-9-14/h2-5,10-14H,6-9,20H2,1H3,(H,24,25)(H2,21,22,23,26). The number of benzene rings is 1. The molecule has 0 amide bonds. The molecular formula is C19H25N7. The van der Waals surface area contributed by atoms with Crippen molar-refractivity contribution in [1.29, 1.82) is 0 Å². The van der Waals surface area contributed by atoms with Crippen molar-refractivity contribution in [1.82, 2.24) is 19.9 Å². The minimum atomic E-state index is 0.0119. The van der Waals surface area contributed by atoms with E-state index in [-0.39, 0.29) is 6.04 Å². The number of fused-ring (bicyclic) bond motifs is 1. The number of imidazole rings is 1. The Morgan fingerprint density at radius 3 is 2.73 bits per heavy atom. The van der Waals surface area contributed by atoms with E-state index in [1.54, 1.807) is 6.20 Å². The first kappa shape index (κ1) is 16.8. The fraction of sp³-hybridized carbons (Fsp3) is 0.421. The van der Waals surface area contributed by atoms with Gasteiger partial charge in [0.2, 0.25) is 5.95 Å². The maximum Gasteiger partial charge on any atom is 0.224 e. The molecule has 2 aromatic heterocycles. The van der Waals surface area contributed by atoms with E-state index in [4.69, 9.17) is 5.73 Å². The van der Waals surface area contributed by atoms with Crippen LogP contribution < -0.4 is 16.4 Å². The van der Waals surface area contributed by atoms with Crippen LogP contribution in [0.4, 0.5) is 11.8 Å². The number of para-hydroxylation sites is 2. The third-order valence-corrected chi connectivity index (χ3v) is 4.94. The Morgan fingerprint density at radius 2 is 1.92 bits per heavy atom. The maximum atomic E-state index is 5.97. The molecule has 1 aliphatic rings. The molecule has 0 saturated heterocycles. The second-order valence-corrected chi connectivity index (χ2v) is 7.03. The van der Waals surface area contributed by atoms with Gasteiger partial charge in [-0.2, -0.15) is 4.98 Å². The molecule has 0 bridgehead atoms. The Kier molecular flexibility index (Phi) is 4.71. The Hall–Kier alpha value is -2.67. The largest absolute Gasteiger partial charge is 0.360 e. The summed E-state index contributed by atoms with van der Waals surface area (Å²) in [6.07, 6.45) is 6.02. The summed E-state index contributed by atoms with van der Waals surface area (Å²) in [5.41, 5.74) is 7.98. The molecule has 4 rings (SSSR count). The van der Waals surface area contributed by atoms with Gasteiger partial charge in [0.15, 0.2) is 0 Å². The average Bonchev–Trinajstić information content (AvgIpc) is 3.08. The van der Waals surface area contributed by atoms with Crippen LogP contribution in [0.2, 0.25) is 0 Å². The van der Waals surface area contributed by atoms with E-state index >= 15 is 0 Å². The molecule has 1 saturated carbocycles. The van der Waals surface area contributed by atoms with E-state index in [2.05, 4.69) is 37.5 Å². The lowest BCUT2D eigenvalue weighted by molar-refractivity contribution is 0.410. The first-order chi connectivity index (χ1) is 12.7. The molecule has 0 aliphatic heterocycles. The summed E-state index contributed by atoms with van der Waals surface area (Å²) in [6, 6.07) is 10.7. The van der Waals surface area contributed by atoms with Crippen molar-refractivity contribution in [2.24, 2.45) is 5.73 Å². The second kappa shape index (κ2) is 7.29. The molecule has 0 radical (unpaired) electrons. The summed E-state index contributed by atoms with van der Waals surface area (Å²) in [7, 11) is 0. The average molecular weight is 351 g/mol. The maximum absolute atomic E-state index is 5.97. The van der Waals surface area contributed by atoms with Crippen molar-refractivity contribution in [3.63, 3.8) is 0 Å². The van der Waals surface area contributed by atoms with E-state index < -0.39 is 0 Å². The molecule has 3 aromatic rings. The Bertz CT molecular complexity index is 834. The lowest BCUT2D eigenvalue weighted by atomic mass is 9.92. The van der Waals surface area contributed by atoms with Gasteiger partial charge in [0.05, 0.1) is 17.1 Å². The predicted molar refractivity (Wildman–Crippen MR) is 104 cm³/mol. The summed E-state index contributed by atoms with van der Waals surface area (Å²) in [5, 5.41) is 6.83. The van der Waals surface area contributed by atoms with Crippen molar-refractivity contribution in [2.45, 2.75) is 50.7 Å². The highest BCUT2D eigenvalue weighted by atomic mass is 15.2. The summed E-state index contributed by atoms with van der Waals surface area (Å²) in [5.74, 6) is 2.33. The highest BCUT2D eigenvalue weighted by Gasteiger charge is 2.19. The normalized spacial score (nSPS) is 21.5. The third-order valence-electron chi connectivity index (χ3n) is 4.94. The van der Waals surface area contributed by atoms with Gasteiger partial charge in [0, 0.05) is 18.3 Å². The number of H-pyrrole nitrogens is 1. The zero-order valence-electron chi connectivity index (χ0n) is 14.9. The minimum Gasteiger partial charge on any atom is -0.360 e. The van der Waals surface area contributed by atoms with Crippen LogP contribution in [0.5, 0.6) is 0 Å². The van der Waals surface area contributed by atoms with E-state index in [0.29, 0.717) is 18.0 Å². The fourth-order valence-electron chi connectivity index (χ4n) is 3.42. The van der Waals surface area contributed by atoms with Crippen molar-refractivity contribution in [2.75, 3.05) is 10.6 Å². The molecule has 0 spiro atoms. The number of aromatic nitrogens is 4. The smallest absolute Gasteiger partial charge is 0.224 e. The quantitative estimate of drug-likeness (QED) is 0.563. The first-order valence-electron chi connectivity index (χ1n) is 9.24. The number of nitrogens with zero attached hydrogens (tertiary/aromatic N) is 3. The zero-order valence-corrected chi connectivity index (χ0v) is 14.9. The minimum absolute atomic E-state index is 0.0119. The van der Waals surface area contributed by atoms with Gasteiger partial charge < -0.3 is 21.4 Å². The zero-order chi connectivity index (χ0) is 17.9. The van der Waals surface area contributed by atoms with Crippen LogP contribution in [-0.2, 0) is 0 Å². The molecule has 1 fully saturated rings. The van der Waals surface area contributed by atoms with Crippen molar-refractivity contribution in [3.05, 3.63) is 42.4 Å². The number of aromatic amines is 1. The van der Waals surface area contributed by atoms with E-state index in [0.717, 1.165) is 48.4 Å². The third kappa shape index (κ3) is 3.77. The number of rotatable bonds is 5. The Morgan fingerprint density at radius 1 is 1.12 bits per heavy atom. The summed E-state index contributed by atoms with van der Waals surface area (Å²) < 4.78 is 0. The highest BCUT2D eigenvalue weighted by molar-refractivity contribution is 5.74. The lowest BCUT2D eigenvalue weighted by Crippen LogP contribution is -2.33. The van der Waals surface area contributed by atoms with Gasteiger partial charge in [-0.3, -0.25) is 0 Å². The molecule has 136 valence electrons. The summed E-state index contributed by atoms with van der Waals surface area (Å²) >= 11 is 0. The second-order valence-electron chi connectivity index (χ2n) is 7.03. The molecule has 1 aromatic carbocycles. The van der Waals surface area contributed by atoms with Crippen LogP contribution >= 0.6 is 0 Å². The number of hydrogen-bond donors (Lipinski definition) is 4. The molecule has 7 heteroatoms. The van der Waals surface area contributed by atoms with Gasteiger partial charge in [0.25, 0.3) is 0 Å². The van der Waals surface area contributed by atoms with E-state index in [1.807, 2.05) is 30.3 Å². The number of hydrogen-bond acceptors (Lipinski definition) is 6. The van der Waals surface area contributed by atoms with Crippen molar-refractivity contribution < 1.29 is 0 Å². The van der Waals surface area contributed by atoms with Crippen molar-refractivity contribution >= 4 is 22.8 Å². The molecule has 1 atom stereocenters. The summed E-state index contributed by atoms with van der Waals surface area (Å²) in [4.78, 5) is 16.9. The van der Waals surface area contributed by atoms with E-state index in [1.165, 1.54) is 0 Å². The first-order valence-corrected chi connectivity index (χ1v) is 9.24. The number of anilines is 2. The topological polar surface area (TPSA) is 105 Å². The van der Waals surface area contributed by atoms with Crippen LogP contribution in [0, 0.1) is 0 Å². The van der Waals surface area contributed by atoms with Crippen LogP contribution in [0.1, 0.15) is 44.5 Å². The van der Waals surface area contributed by atoms with Gasteiger partial charge in [0.1, 0.15) is 11.6 Å². The molecule has 7 nitrogen and oxygen atoms in total. The molecular weight excluding hydrogens is 326 g/mol. The molecule has 5 N–H and O–H groups in total. The van der Waals surface area contributed by atoms with E-state index in [9.17, 15) is 0 Å². The Labute approximate surface area is 152 Å². The van der Waals surface area contributed by atoms with Gasteiger partial charge >= 0.3 is 0 Å². The molecule has 2 heterocycles. The number of nitrogens with one attached hydrogen (secondary N) is 3. The Balaban J connectivity index is 1.42. The molecule has 1 aliphatic carbocycles. The highest BCUT2D eigenvalue weighted by Crippen LogP contribution is 2.22. The van der Waals surface area contributed by atoms with Gasteiger partial charge in [-0.15, -0.1) is 0 Å². The van der Waals surface area contributed by atoms with Crippen LogP contribution in [0.15, 0.2) is 36.5 Å². The fourth-order valence-corrected chi connectivity index (χ4v) is 3.42. The lowest BCUT2D eigenvalue weighted by Gasteiger charge is -2.26. The monoisotopic (exact) mass is 351 g/mol. The SMILES string of the molecule is CC(Nc1ccnc(NC2CCC(N)CC2)n1)c1nc2ccccc2[nH]1. The van der Waals surface area contributed by atoms with Crippen molar-refractivity contribution in [3.8, 4) is 0 Å². The molecule has 26 heavy (non-hydrogen) atoms. The van der Waals surface area contributed by atoms with Crippen LogP contribution in [0.3, 0.4) is 0 Å². The number of nitrogens with two attached hydrogens (primary N) is 1. The van der Waals surface area contributed by atoms with Crippen LogP contribution in [0.25, 0.3) is 11.0 Å². The van der Waals surface area contributed by atoms with Gasteiger partial charge in [-0.25, -0.2) is 9.97 Å². The van der Waals surface area contributed by atoms with Crippen LogP contribution in [-0.4, -0.2) is 32.0 Å². The van der Waals surface area contributed by atoms with Gasteiger partial charge in [-0.1, -0.05) is 12.1 Å². The summed E-state index contributed by atoms with van der Waals surface area (Å²) in [6.45, 7) is 2.06.